The summed E-state index contributed by atoms with van der Waals surface area (Å²) in [5.41, 5.74) is -0.368. The number of amides is 1. The summed E-state index contributed by atoms with van der Waals surface area (Å²) in [6.07, 6.45) is 3.96. The fraction of sp³-hybridized carbons (Fsp3) is 0.375. The molecular formula is C16H17N3O4. The van der Waals surface area contributed by atoms with Gasteiger partial charge in [-0.3, -0.25) is 9.59 Å². The van der Waals surface area contributed by atoms with Crippen LogP contribution in [0.2, 0.25) is 0 Å². The Hall–Kier alpha value is -2.70. The third-order valence-electron chi connectivity index (χ3n) is 3.95. The number of hydrogen-bond donors (Lipinski definition) is 2. The minimum Gasteiger partial charge on any atom is -0.480 e. The SMILES string of the molecule is O=C(Cn1ncc2ccccc2c1=O)NC(CC1CC1)C(=O)O. The summed E-state index contributed by atoms with van der Waals surface area (Å²) in [6, 6.07) is 6.07. The summed E-state index contributed by atoms with van der Waals surface area (Å²) >= 11 is 0. The topological polar surface area (TPSA) is 101 Å². The lowest BCUT2D eigenvalue weighted by Crippen LogP contribution is -2.44. The fourth-order valence-corrected chi connectivity index (χ4v) is 2.52. The molecule has 1 aliphatic rings. The van der Waals surface area contributed by atoms with Gasteiger partial charge in [-0.25, -0.2) is 9.48 Å². The monoisotopic (exact) mass is 315 g/mol. The van der Waals surface area contributed by atoms with E-state index in [0.717, 1.165) is 17.5 Å². The molecule has 1 amide bonds. The molecule has 1 aromatic heterocycles. The molecule has 0 spiro atoms. The van der Waals surface area contributed by atoms with E-state index in [9.17, 15) is 14.4 Å². The number of carbonyl (C=O) groups excluding carboxylic acids is 1. The van der Waals surface area contributed by atoms with Crippen molar-refractivity contribution in [3.8, 4) is 0 Å². The molecule has 3 rings (SSSR count). The molecule has 2 N–H and O–H groups in total. The first-order valence-electron chi connectivity index (χ1n) is 7.51. The van der Waals surface area contributed by atoms with Gasteiger partial charge in [0.05, 0.1) is 11.6 Å². The molecule has 0 saturated heterocycles. The highest BCUT2D eigenvalue weighted by Gasteiger charge is 2.30. The molecule has 0 aliphatic heterocycles. The van der Waals surface area contributed by atoms with Crippen LogP contribution in [0.1, 0.15) is 19.3 Å². The average Bonchev–Trinajstić information content (AvgIpc) is 3.34. The standard InChI is InChI=1S/C16H17N3O4/c20-14(18-13(16(22)23)7-10-5-6-10)9-19-15(21)12-4-2-1-3-11(12)8-17-19/h1-4,8,10,13H,5-7,9H2,(H,18,20)(H,22,23). The Morgan fingerprint density at radius 3 is 2.78 bits per heavy atom. The van der Waals surface area contributed by atoms with Gasteiger partial charge in [0.2, 0.25) is 5.91 Å². The van der Waals surface area contributed by atoms with Crippen molar-refractivity contribution in [3.05, 3.63) is 40.8 Å². The molecule has 120 valence electrons. The number of carbonyl (C=O) groups is 2. The number of aliphatic carboxylic acids is 1. The van der Waals surface area contributed by atoms with E-state index in [1.165, 1.54) is 6.20 Å². The van der Waals surface area contributed by atoms with Gasteiger partial charge >= 0.3 is 5.97 Å². The Kier molecular flexibility index (Phi) is 4.10. The normalized spacial score (nSPS) is 15.3. The first kappa shape index (κ1) is 15.2. The molecule has 1 aliphatic carbocycles. The number of nitrogens with one attached hydrogen (secondary N) is 1. The van der Waals surface area contributed by atoms with E-state index in [1.54, 1.807) is 24.3 Å². The van der Waals surface area contributed by atoms with Gasteiger partial charge in [-0.15, -0.1) is 0 Å². The van der Waals surface area contributed by atoms with Crippen LogP contribution in [0.15, 0.2) is 35.3 Å². The van der Waals surface area contributed by atoms with Gasteiger partial charge in [-0.2, -0.15) is 5.10 Å². The van der Waals surface area contributed by atoms with Crippen molar-refractivity contribution in [2.75, 3.05) is 0 Å². The van der Waals surface area contributed by atoms with E-state index in [2.05, 4.69) is 10.4 Å². The van der Waals surface area contributed by atoms with E-state index in [1.807, 2.05) is 0 Å². The van der Waals surface area contributed by atoms with Crippen molar-refractivity contribution in [2.24, 2.45) is 5.92 Å². The second kappa shape index (κ2) is 6.20. The maximum absolute atomic E-state index is 12.3. The van der Waals surface area contributed by atoms with Crippen LogP contribution < -0.4 is 10.9 Å². The summed E-state index contributed by atoms with van der Waals surface area (Å²) < 4.78 is 1.05. The third kappa shape index (κ3) is 3.56. The first-order valence-corrected chi connectivity index (χ1v) is 7.51. The first-order chi connectivity index (χ1) is 11.0. The second-order valence-electron chi connectivity index (χ2n) is 5.83. The third-order valence-corrected chi connectivity index (χ3v) is 3.95. The lowest BCUT2D eigenvalue weighted by molar-refractivity contribution is -0.142. The van der Waals surface area contributed by atoms with Gasteiger partial charge in [-0.1, -0.05) is 31.0 Å². The van der Waals surface area contributed by atoms with E-state index in [-0.39, 0.29) is 12.1 Å². The van der Waals surface area contributed by atoms with Crippen molar-refractivity contribution < 1.29 is 14.7 Å². The Morgan fingerprint density at radius 1 is 1.35 bits per heavy atom. The van der Waals surface area contributed by atoms with Crippen molar-refractivity contribution in [3.63, 3.8) is 0 Å². The Morgan fingerprint density at radius 2 is 2.09 bits per heavy atom. The molecular weight excluding hydrogens is 298 g/mol. The fourth-order valence-electron chi connectivity index (χ4n) is 2.52. The average molecular weight is 315 g/mol. The smallest absolute Gasteiger partial charge is 0.326 e. The number of nitrogens with zero attached hydrogens (tertiary/aromatic N) is 2. The van der Waals surface area contributed by atoms with Crippen LogP contribution in [-0.2, 0) is 16.1 Å². The van der Waals surface area contributed by atoms with Gasteiger partial charge in [-0.05, 0) is 18.4 Å². The molecule has 2 aromatic rings. The Labute approximate surface area is 131 Å². The number of hydrogen-bond acceptors (Lipinski definition) is 4. The van der Waals surface area contributed by atoms with E-state index in [0.29, 0.717) is 23.1 Å². The van der Waals surface area contributed by atoms with Crippen molar-refractivity contribution in [1.82, 2.24) is 15.1 Å². The highest BCUT2D eigenvalue weighted by Crippen LogP contribution is 2.33. The molecule has 1 fully saturated rings. The number of rotatable bonds is 6. The van der Waals surface area contributed by atoms with Crippen LogP contribution in [-0.4, -0.2) is 32.8 Å². The summed E-state index contributed by atoms with van der Waals surface area (Å²) in [4.78, 5) is 35.5. The van der Waals surface area contributed by atoms with Gasteiger partial charge in [0.15, 0.2) is 0 Å². The van der Waals surface area contributed by atoms with Crippen LogP contribution >= 0.6 is 0 Å². The molecule has 1 aromatic carbocycles. The Balaban J connectivity index is 1.73. The number of benzene rings is 1. The van der Waals surface area contributed by atoms with Crippen molar-refractivity contribution in [2.45, 2.75) is 31.8 Å². The quantitative estimate of drug-likeness (QED) is 0.820. The maximum atomic E-state index is 12.3. The van der Waals surface area contributed by atoms with E-state index >= 15 is 0 Å². The number of carboxylic acids is 1. The van der Waals surface area contributed by atoms with Crippen molar-refractivity contribution >= 4 is 22.6 Å². The van der Waals surface area contributed by atoms with Crippen LogP contribution in [0.25, 0.3) is 10.8 Å². The highest BCUT2D eigenvalue weighted by atomic mass is 16.4. The van der Waals surface area contributed by atoms with Crippen LogP contribution in [0.4, 0.5) is 0 Å². The second-order valence-corrected chi connectivity index (χ2v) is 5.83. The molecule has 1 saturated carbocycles. The number of aromatic nitrogens is 2. The summed E-state index contributed by atoms with van der Waals surface area (Å²) in [6.45, 7) is -0.294. The lowest BCUT2D eigenvalue weighted by atomic mass is 10.1. The molecule has 1 unspecified atom stereocenters. The van der Waals surface area contributed by atoms with Gasteiger partial charge in [0, 0.05) is 5.39 Å². The Bertz CT molecular complexity index is 810. The zero-order valence-electron chi connectivity index (χ0n) is 12.4. The zero-order chi connectivity index (χ0) is 16.4. The molecule has 1 heterocycles. The van der Waals surface area contributed by atoms with E-state index in [4.69, 9.17) is 5.11 Å². The van der Waals surface area contributed by atoms with Gasteiger partial charge < -0.3 is 10.4 Å². The van der Waals surface area contributed by atoms with E-state index < -0.39 is 17.9 Å². The van der Waals surface area contributed by atoms with Gasteiger partial charge in [0.1, 0.15) is 12.6 Å². The predicted molar refractivity (Wildman–Crippen MR) is 82.9 cm³/mol. The van der Waals surface area contributed by atoms with Gasteiger partial charge in [0.25, 0.3) is 5.56 Å². The lowest BCUT2D eigenvalue weighted by Gasteiger charge is -2.14. The molecule has 0 bridgehead atoms. The molecule has 7 heteroatoms. The molecule has 0 radical (unpaired) electrons. The summed E-state index contributed by atoms with van der Waals surface area (Å²) in [5.74, 6) is -1.20. The van der Waals surface area contributed by atoms with Crippen LogP contribution in [0.5, 0.6) is 0 Å². The number of carboxylic acid groups (broad SMARTS) is 1. The van der Waals surface area contributed by atoms with Crippen LogP contribution in [0, 0.1) is 5.92 Å². The molecule has 7 nitrogen and oxygen atoms in total. The summed E-state index contributed by atoms with van der Waals surface area (Å²) in [5, 5.41) is 16.8. The molecule has 1 atom stereocenters. The highest BCUT2D eigenvalue weighted by molar-refractivity contribution is 5.84. The minimum atomic E-state index is -1.05. The number of fused-ring (bicyclic) bond motifs is 1. The minimum absolute atomic E-state index is 0.294. The predicted octanol–water partition coefficient (Wildman–Crippen LogP) is 0.766. The van der Waals surface area contributed by atoms with Crippen LogP contribution in [0.3, 0.4) is 0 Å². The van der Waals surface area contributed by atoms with Crippen molar-refractivity contribution in [1.29, 1.82) is 0 Å². The maximum Gasteiger partial charge on any atom is 0.326 e. The zero-order valence-corrected chi connectivity index (χ0v) is 12.4. The summed E-state index contributed by atoms with van der Waals surface area (Å²) in [7, 11) is 0. The largest absolute Gasteiger partial charge is 0.480 e. The molecule has 23 heavy (non-hydrogen) atoms.